The van der Waals surface area contributed by atoms with Crippen molar-refractivity contribution in [3.8, 4) is 5.75 Å². The van der Waals surface area contributed by atoms with Crippen LogP contribution in [0.5, 0.6) is 5.75 Å². The van der Waals surface area contributed by atoms with Crippen LogP contribution in [-0.2, 0) is 19.6 Å². The van der Waals surface area contributed by atoms with Crippen LogP contribution in [0.4, 0.5) is 5.69 Å². The number of sulfonamides is 1. The summed E-state index contributed by atoms with van der Waals surface area (Å²) in [5.41, 5.74) is 1.37. The molecule has 0 spiro atoms. The molecule has 3 aliphatic heterocycles. The van der Waals surface area contributed by atoms with Crippen molar-refractivity contribution in [2.75, 3.05) is 30.7 Å². The molecule has 0 unspecified atom stereocenters. The van der Waals surface area contributed by atoms with Crippen molar-refractivity contribution in [1.82, 2.24) is 4.90 Å². The summed E-state index contributed by atoms with van der Waals surface area (Å²) in [5.74, 6) is 0.706. The zero-order valence-electron chi connectivity index (χ0n) is 16.5. The minimum absolute atomic E-state index is 0.0589. The van der Waals surface area contributed by atoms with Gasteiger partial charge in [-0.3, -0.25) is 9.52 Å². The van der Waals surface area contributed by atoms with E-state index in [-0.39, 0.29) is 37.1 Å². The molecule has 3 heterocycles. The first-order valence-electron chi connectivity index (χ1n) is 10.2. The molecule has 1 aromatic carbocycles. The highest BCUT2D eigenvalue weighted by molar-refractivity contribution is 7.92. The van der Waals surface area contributed by atoms with Crippen LogP contribution >= 0.6 is 0 Å². The number of carbonyl (C=O) groups excluding carboxylic acids is 1. The standard InChI is InChI=1S/C20H28N2O6S/c1-29(25,26)21-13-5-6-17-15(9-13)16-10-14(27-18(12-23)20(16)28-17)11-19(24)22-7-3-2-4-8-22/h5-6,9,14,16,18,20-21,23H,2-4,7-8,10-12H2,1H3/t14-,16+,18-,20-/m1/s1. The van der Waals surface area contributed by atoms with Crippen molar-refractivity contribution in [2.45, 2.75) is 56.3 Å². The van der Waals surface area contributed by atoms with E-state index in [1.54, 1.807) is 18.2 Å². The molecule has 0 aromatic heterocycles. The van der Waals surface area contributed by atoms with Gasteiger partial charge < -0.3 is 19.5 Å². The number of benzene rings is 1. The van der Waals surface area contributed by atoms with Gasteiger partial charge in [0.25, 0.3) is 0 Å². The highest BCUT2D eigenvalue weighted by atomic mass is 32.2. The van der Waals surface area contributed by atoms with E-state index < -0.39 is 16.1 Å². The molecule has 0 bridgehead atoms. The average Bonchev–Trinajstić information content (AvgIpc) is 3.05. The van der Waals surface area contributed by atoms with Crippen LogP contribution in [0.15, 0.2) is 18.2 Å². The maximum Gasteiger partial charge on any atom is 0.229 e. The number of aliphatic hydroxyl groups excluding tert-OH is 1. The van der Waals surface area contributed by atoms with Gasteiger partial charge in [-0.2, -0.15) is 0 Å². The second kappa shape index (κ2) is 8.12. The molecule has 29 heavy (non-hydrogen) atoms. The van der Waals surface area contributed by atoms with E-state index >= 15 is 0 Å². The van der Waals surface area contributed by atoms with Crippen LogP contribution in [0.1, 0.15) is 43.6 Å². The van der Waals surface area contributed by atoms with E-state index in [1.807, 2.05) is 4.90 Å². The number of anilines is 1. The van der Waals surface area contributed by atoms with E-state index in [0.29, 0.717) is 17.9 Å². The van der Waals surface area contributed by atoms with Crippen molar-refractivity contribution in [3.63, 3.8) is 0 Å². The van der Waals surface area contributed by atoms with Crippen molar-refractivity contribution >= 4 is 21.6 Å². The summed E-state index contributed by atoms with van der Waals surface area (Å²) >= 11 is 0. The minimum Gasteiger partial charge on any atom is -0.487 e. The summed E-state index contributed by atoms with van der Waals surface area (Å²) in [6.45, 7) is 1.40. The zero-order chi connectivity index (χ0) is 20.6. The Hall–Kier alpha value is -1.84. The van der Waals surface area contributed by atoms with Gasteiger partial charge in [0.2, 0.25) is 15.9 Å². The molecule has 8 nitrogen and oxygen atoms in total. The molecule has 4 rings (SSSR count). The molecular weight excluding hydrogens is 396 g/mol. The molecular formula is C20H28N2O6S. The maximum absolute atomic E-state index is 12.7. The zero-order valence-corrected chi connectivity index (χ0v) is 17.4. The molecule has 3 aliphatic rings. The molecule has 0 saturated carbocycles. The molecule has 2 saturated heterocycles. The Labute approximate surface area is 171 Å². The molecule has 1 aromatic rings. The largest absolute Gasteiger partial charge is 0.487 e. The molecule has 160 valence electrons. The van der Waals surface area contributed by atoms with Crippen molar-refractivity contribution in [1.29, 1.82) is 0 Å². The van der Waals surface area contributed by atoms with Gasteiger partial charge in [-0.05, 0) is 43.9 Å². The first-order valence-corrected chi connectivity index (χ1v) is 12.1. The van der Waals surface area contributed by atoms with E-state index in [1.165, 1.54) is 0 Å². The van der Waals surface area contributed by atoms with Crippen LogP contribution in [0.3, 0.4) is 0 Å². The third-order valence-corrected chi connectivity index (χ3v) is 6.52. The van der Waals surface area contributed by atoms with Gasteiger partial charge in [0.05, 0.1) is 25.4 Å². The lowest BCUT2D eigenvalue weighted by molar-refractivity contribution is -0.149. The second-order valence-electron chi connectivity index (χ2n) is 8.18. The number of fused-ring (bicyclic) bond motifs is 3. The van der Waals surface area contributed by atoms with Crippen LogP contribution in [0.25, 0.3) is 0 Å². The lowest BCUT2D eigenvalue weighted by atomic mass is 9.84. The normalized spacial score (nSPS) is 29.0. The summed E-state index contributed by atoms with van der Waals surface area (Å²) < 4.78 is 37.7. The predicted octanol–water partition coefficient (Wildman–Crippen LogP) is 1.46. The monoisotopic (exact) mass is 424 g/mol. The van der Waals surface area contributed by atoms with E-state index in [0.717, 1.165) is 44.2 Å². The van der Waals surface area contributed by atoms with E-state index in [2.05, 4.69) is 4.72 Å². The molecule has 4 atom stereocenters. The van der Waals surface area contributed by atoms with Crippen molar-refractivity contribution in [2.24, 2.45) is 0 Å². The lowest BCUT2D eigenvalue weighted by Crippen LogP contribution is -2.48. The number of likely N-dealkylation sites (tertiary alicyclic amines) is 1. The van der Waals surface area contributed by atoms with Gasteiger partial charge in [0, 0.05) is 30.3 Å². The van der Waals surface area contributed by atoms with Crippen LogP contribution in [0.2, 0.25) is 0 Å². The lowest BCUT2D eigenvalue weighted by Gasteiger charge is -2.38. The summed E-state index contributed by atoms with van der Waals surface area (Å²) in [4.78, 5) is 14.6. The van der Waals surface area contributed by atoms with Gasteiger partial charge in [-0.15, -0.1) is 0 Å². The van der Waals surface area contributed by atoms with Crippen molar-refractivity contribution < 1.29 is 27.8 Å². The first kappa shape index (κ1) is 20.4. The quantitative estimate of drug-likeness (QED) is 0.741. The third-order valence-electron chi connectivity index (χ3n) is 5.91. The summed E-state index contributed by atoms with van der Waals surface area (Å²) in [5, 5.41) is 9.83. The number of aliphatic hydroxyl groups is 1. The number of hydrogen-bond donors (Lipinski definition) is 2. The fourth-order valence-electron chi connectivity index (χ4n) is 4.63. The fourth-order valence-corrected chi connectivity index (χ4v) is 5.19. The Kier molecular flexibility index (Phi) is 5.72. The summed E-state index contributed by atoms with van der Waals surface area (Å²) in [7, 11) is -3.38. The number of nitrogens with zero attached hydrogens (tertiary/aromatic N) is 1. The third kappa shape index (κ3) is 4.51. The summed E-state index contributed by atoms with van der Waals surface area (Å²) in [6, 6.07) is 5.18. The van der Waals surface area contributed by atoms with Crippen molar-refractivity contribution in [3.05, 3.63) is 23.8 Å². The highest BCUT2D eigenvalue weighted by Crippen LogP contribution is 2.47. The molecule has 2 fully saturated rings. The van der Waals surface area contributed by atoms with Gasteiger partial charge >= 0.3 is 0 Å². The number of amides is 1. The predicted molar refractivity (Wildman–Crippen MR) is 107 cm³/mol. The first-order chi connectivity index (χ1) is 13.8. The Bertz CT molecular complexity index is 868. The number of hydrogen-bond acceptors (Lipinski definition) is 6. The Morgan fingerprint density at radius 3 is 2.72 bits per heavy atom. The smallest absolute Gasteiger partial charge is 0.229 e. The van der Waals surface area contributed by atoms with Crippen LogP contribution < -0.4 is 9.46 Å². The molecule has 2 N–H and O–H groups in total. The number of nitrogens with one attached hydrogen (secondary N) is 1. The second-order valence-corrected chi connectivity index (χ2v) is 9.92. The maximum atomic E-state index is 12.7. The van der Waals surface area contributed by atoms with Crippen LogP contribution in [-0.4, -0.2) is 68.6 Å². The number of carbonyl (C=O) groups is 1. The highest BCUT2D eigenvalue weighted by Gasteiger charge is 2.46. The van der Waals surface area contributed by atoms with Gasteiger partial charge in [-0.25, -0.2) is 8.42 Å². The fraction of sp³-hybridized carbons (Fsp3) is 0.650. The molecule has 1 amide bonds. The van der Waals surface area contributed by atoms with Gasteiger partial charge in [0.15, 0.2) is 0 Å². The number of piperidine rings is 1. The molecule has 0 aliphatic carbocycles. The number of ether oxygens (including phenoxy) is 2. The number of rotatable bonds is 5. The Morgan fingerprint density at radius 2 is 2.03 bits per heavy atom. The molecule has 0 radical (unpaired) electrons. The molecule has 9 heteroatoms. The van der Waals surface area contributed by atoms with Gasteiger partial charge in [0.1, 0.15) is 18.0 Å². The Balaban J connectivity index is 1.51. The van der Waals surface area contributed by atoms with Crippen LogP contribution in [0, 0.1) is 0 Å². The van der Waals surface area contributed by atoms with E-state index in [4.69, 9.17) is 9.47 Å². The SMILES string of the molecule is CS(=O)(=O)Nc1ccc2c(c1)[C@@H]1C[C@H](CC(=O)N3CCCCC3)O[C@H](CO)[C@@H]1O2. The summed E-state index contributed by atoms with van der Waals surface area (Å²) in [6.07, 6.45) is 4.07. The topological polar surface area (TPSA) is 105 Å². The van der Waals surface area contributed by atoms with Gasteiger partial charge in [-0.1, -0.05) is 0 Å². The minimum atomic E-state index is -3.38. The van der Waals surface area contributed by atoms with E-state index in [9.17, 15) is 18.3 Å². The Morgan fingerprint density at radius 1 is 1.28 bits per heavy atom. The average molecular weight is 425 g/mol.